The number of carbonyl (C=O) groups excluding carboxylic acids is 1. The van der Waals surface area contributed by atoms with E-state index in [2.05, 4.69) is 12.1 Å². The van der Waals surface area contributed by atoms with Gasteiger partial charge in [-0.1, -0.05) is 30.3 Å². The van der Waals surface area contributed by atoms with Crippen LogP contribution in [0.15, 0.2) is 30.3 Å². The molecule has 0 bridgehead atoms. The zero-order valence-electron chi connectivity index (χ0n) is 9.93. The third-order valence-corrected chi connectivity index (χ3v) is 2.96. The average molecular weight is 234 g/mol. The summed E-state index contributed by atoms with van der Waals surface area (Å²) >= 11 is 0. The van der Waals surface area contributed by atoms with Gasteiger partial charge in [-0.25, -0.2) is 0 Å². The van der Waals surface area contributed by atoms with Crippen LogP contribution in [0.5, 0.6) is 0 Å². The Balaban J connectivity index is 1.61. The normalized spacial score (nSPS) is 19.2. The van der Waals surface area contributed by atoms with E-state index in [0.717, 1.165) is 19.3 Å². The van der Waals surface area contributed by atoms with Crippen LogP contribution in [0, 0.1) is 5.92 Å². The van der Waals surface area contributed by atoms with Gasteiger partial charge in [0, 0.05) is 6.61 Å². The predicted molar refractivity (Wildman–Crippen MR) is 64.6 cm³/mol. The van der Waals surface area contributed by atoms with Crippen molar-refractivity contribution in [1.29, 1.82) is 0 Å². The molecular weight excluding hydrogens is 216 g/mol. The van der Waals surface area contributed by atoms with Gasteiger partial charge in [0.25, 0.3) is 0 Å². The van der Waals surface area contributed by atoms with Crippen LogP contribution in [-0.4, -0.2) is 25.8 Å². The maximum atomic E-state index is 11.6. The molecular formula is C14H18O3. The SMILES string of the molecule is O=C(OCCCc1ccccc1)C1CCOC1. The van der Waals surface area contributed by atoms with Gasteiger partial charge in [0.15, 0.2) is 0 Å². The second-order valence-corrected chi connectivity index (χ2v) is 4.32. The molecule has 1 fully saturated rings. The predicted octanol–water partition coefficient (Wildman–Crippen LogP) is 2.20. The van der Waals surface area contributed by atoms with Crippen LogP contribution in [-0.2, 0) is 20.7 Å². The molecule has 0 N–H and O–H groups in total. The van der Waals surface area contributed by atoms with Gasteiger partial charge in [-0.2, -0.15) is 0 Å². The minimum absolute atomic E-state index is 0.0354. The minimum atomic E-state index is -0.101. The minimum Gasteiger partial charge on any atom is -0.465 e. The van der Waals surface area contributed by atoms with E-state index in [9.17, 15) is 4.79 Å². The molecule has 0 saturated carbocycles. The summed E-state index contributed by atoms with van der Waals surface area (Å²) in [4.78, 5) is 11.6. The van der Waals surface area contributed by atoms with Gasteiger partial charge in [-0.15, -0.1) is 0 Å². The molecule has 1 heterocycles. The van der Waals surface area contributed by atoms with Crippen molar-refractivity contribution in [2.45, 2.75) is 19.3 Å². The second kappa shape index (κ2) is 6.40. The van der Waals surface area contributed by atoms with Crippen molar-refractivity contribution >= 4 is 5.97 Å². The first-order valence-electron chi connectivity index (χ1n) is 6.14. The summed E-state index contributed by atoms with van der Waals surface area (Å²) in [6.45, 7) is 1.71. The molecule has 3 heteroatoms. The number of hydrogen-bond donors (Lipinski definition) is 0. The zero-order chi connectivity index (χ0) is 11.9. The fraction of sp³-hybridized carbons (Fsp3) is 0.500. The Morgan fingerprint density at radius 1 is 1.35 bits per heavy atom. The number of hydrogen-bond acceptors (Lipinski definition) is 3. The van der Waals surface area contributed by atoms with E-state index >= 15 is 0 Å². The van der Waals surface area contributed by atoms with Crippen molar-refractivity contribution in [3.05, 3.63) is 35.9 Å². The van der Waals surface area contributed by atoms with Crippen LogP contribution in [0.3, 0.4) is 0 Å². The van der Waals surface area contributed by atoms with Crippen molar-refractivity contribution in [3.63, 3.8) is 0 Å². The lowest BCUT2D eigenvalue weighted by molar-refractivity contribution is -0.148. The third-order valence-electron chi connectivity index (χ3n) is 2.96. The number of rotatable bonds is 5. The van der Waals surface area contributed by atoms with Crippen LogP contribution in [0.2, 0.25) is 0 Å². The standard InChI is InChI=1S/C14H18O3/c15-14(13-8-10-16-11-13)17-9-4-7-12-5-2-1-3-6-12/h1-3,5-6,13H,4,7-11H2. The lowest BCUT2D eigenvalue weighted by Gasteiger charge is -2.08. The van der Waals surface area contributed by atoms with Crippen molar-refractivity contribution in [1.82, 2.24) is 0 Å². The van der Waals surface area contributed by atoms with E-state index < -0.39 is 0 Å². The van der Waals surface area contributed by atoms with Crippen LogP contribution < -0.4 is 0 Å². The highest BCUT2D eigenvalue weighted by atomic mass is 16.5. The Morgan fingerprint density at radius 3 is 2.88 bits per heavy atom. The van der Waals surface area contributed by atoms with Gasteiger partial charge >= 0.3 is 5.97 Å². The number of carbonyl (C=O) groups is 1. The number of aryl methyl sites for hydroxylation is 1. The molecule has 1 atom stereocenters. The zero-order valence-corrected chi connectivity index (χ0v) is 9.93. The largest absolute Gasteiger partial charge is 0.465 e. The highest BCUT2D eigenvalue weighted by Gasteiger charge is 2.24. The molecule has 17 heavy (non-hydrogen) atoms. The van der Waals surface area contributed by atoms with Crippen LogP contribution >= 0.6 is 0 Å². The summed E-state index contributed by atoms with van der Waals surface area (Å²) in [7, 11) is 0. The molecule has 3 nitrogen and oxygen atoms in total. The lowest BCUT2D eigenvalue weighted by atomic mass is 10.1. The highest BCUT2D eigenvalue weighted by molar-refractivity contribution is 5.72. The summed E-state index contributed by atoms with van der Waals surface area (Å²) in [5.74, 6) is -0.137. The molecule has 0 aromatic heterocycles. The van der Waals surface area contributed by atoms with Crippen molar-refractivity contribution in [2.24, 2.45) is 5.92 Å². The topological polar surface area (TPSA) is 35.5 Å². The number of benzene rings is 1. The maximum Gasteiger partial charge on any atom is 0.311 e. The van der Waals surface area contributed by atoms with Crippen molar-refractivity contribution < 1.29 is 14.3 Å². The highest BCUT2D eigenvalue weighted by Crippen LogP contribution is 2.14. The number of esters is 1. The molecule has 1 aliphatic rings. The molecule has 1 aromatic rings. The monoisotopic (exact) mass is 234 g/mol. The molecule has 1 aliphatic heterocycles. The first kappa shape index (κ1) is 12.1. The number of ether oxygens (including phenoxy) is 2. The summed E-state index contributed by atoms with van der Waals surface area (Å²) in [5, 5.41) is 0. The molecule has 0 aliphatic carbocycles. The van der Waals surface area contributed by atoms with Gasteiger partial charge in [0.2, 0.25) is 0 Å². The summed E-state index contributed by atoms with van der Waals surface area (Å²) in [6.07, 6.45) is 2.64. The molecule has 2 rings (SSSR count). The van der Waals surface area contributed by atoms with Crippen LogP contribution in [0.1, 0.15) is 18.4 Å². The first-order chi connectivity index (χ1) is 8.36. The van der Waals surface area contributed by atoms with Crippen LogP contribution in [0.25, 0.3) is 0 Å². The Labute approximate surface area is 102 Å². The van der Waals surface area contributed by atoms with E-state index in [-0.39, 0.29) is 11.9 Å². The quantitative estimate of drug-likeness (QED) is 0.578. The molecule has 0 spiro atoms. The molecule has 0 radical (unpaired) electrons. The Morgan fingerprint density at radius 2 is 2.18 bits per heavy atom. The second-order valence-electron chi connectivity index (χ2n) is 4.32. The van der Waals surface area contributed by atoms with Crippen molar-refractivity contribution in [3.8, 4) is 0 Å². The van der Waals surface area contributed by atoms with E-state index in [4.69, 9.17) is 9.47 Å². The van der Waals surface area contributed by atoms with E-state index in [1.165, 1.54) is 5.56 Å². The molecule has 1 aromatic carbocycles. The summed E-state index contributed by atoms with van der Waals surface area (Å²) in [5.41, 5.74) is 1.28. The molecule has 1 saturated heterocycles. The Kier molecular flexibility index (Phi) is 4.56. The molecule has 92 valence electrons. The van der Waals surface area contributed by atoms with Gasteiger partial charge in [0.1, 0.15) is 0 Å². The third kappa shape index (κ3) is 3.86. The molecule has 0 amide bonds. The van der Waals surface area contributed by atoms with E-state index in [1.807, 2.05) is 18.2 Å². The van der Waals surface area contributed by atoms with Crippen LogP contribution in [0.4, 0.5) is 0 Å². The lowest BCUT2D eigenvalue weighted by Crippen LogP contribution is -2.18. The van der Waals surface area contributed by atoms with Gasteiger partial charge in [0.05, 0.1) is 19.1 Å². The summed E-state index contributed by atoms with van der Waals surface area (Å²) in [6, 6.07) is 10.2. The fourth-order valence-corrected chi connectivity index (χ4v) is 1.93. The maximum absolute atomic E-state index is 11.6. The smallest absolute Gasteiger partial charge is 0.311 e. The Hall–Kier alpha value is -1.35. The van der Waals surface area contributed by atoms with E-state index in [0.29, 0.717) is 19.8 Å². The summed E-state index contributed by atoms with van der Waals surface area (Å²) < 4.78 is 10.4. The van der Waals surface area contributed by atoms with E-state index in [1.54, 1.807) is 0 Å². The Bertz CT molecular complexity index is 342. The fourth-order valence-electron chi connectivity index (χ4n) is 1.93. The van der Waals surface area contributed by atoms with Gasteiger partial charge in [-0.05, 0) is 24.8 Å². The van der Waals surface area contributed by atoms with Gasteiger partial charge in [-0.3, -0.25) is 4.79 Å². The average Bonchev–Trinajstić information content (AvgIpc) is 2.89. The van der Waals surface area contributed by atoms with Gasteiger partial charge < -0.3 is 9.47 Å². The molecule has 1 unspecified atom stereocenters. The van der Waals surface area contributed by atoms with Crippen molar-refractivity contribution in [2.75, 3.05) is 19.8 Å². The first-order valence-corrected chi connectivity index (χ1v) is 6.14.